The average Bonchev–Trinajstić information content (AvgIpc) is 2.78. The van der Waals surface area contributed by atoms with Gasteiger partial charge in [0.1, 0.15) is 12.3 Å². The number of hydrogen-bond acceptors (Lipinski definition) is 6. The highest BCUT2D eigenvalue weighted by Gasteiger charge is 2.32. The molecule has 0 saturated heterocycles. The molecule has 0 atom stereocenters. The number of anilines is 1. The highest BCUT2D eigenvalue weighted by atomic mass is 32.2. The molecule has 0 aliphatic carbocycles. The van der Waals surface area contributed by atoms with Crippen LogP contribution >= 0.6 is 0 Å². The molecule has 142 valence electrons. The van der Waals surface area contributed by atoms with Gasteiger partial charge >= 0.3 is 0 Å². The summed E-state index contributed by atoms with van der Waals surface area (Å²) in [4.78, 5) is 4.30. The predicted molar refractivity (Wildman–Crippen MR) is 106 cm³/mol. The molecule has 3 aromatic rings. The zero-order valence-corrected chi connectivity index (χ0v) is 15.9. The second-order valence-electron chi connectivity index (χ2n) is 6.29. The molecule has 0 saturated carbocycles. The number of hydrogen-bond donors (Lipinski definition) is 0. The van der Waals surface area contributed by atoms with Crippen LogP contribution in [0.25, 0.3) is 11.1 Å². The minimum Gasteiger partial charge on any atom is -0.489 e. The summed E-state index contributed by atoms with van der Waals surface area (Å²) in [6, 6.07) is 16.7. The van der Waals surface area contributed by atoms with Gasteiger partial charge in [-0.15, -0.1) is 0 Å². The van der Waals surface area contributed by atoms with Crippen LogP contribution in [0.4, 0.5) is 5.69 Å². The average molecular weight is 402 g/mol. The van der Waals surface area contributed by atoms with E-state index in [2.05, 4.69) is 11.1 Å². The molecule has 0 radical (unpaired) electrons. The molecule has 0 unspecified atom stereocenters. The summed E-state index contributed by atoms with van der Waals surface area (Å²) in [5, 5.41) is 17.9. The monoisotopic (exact) mass is 402 g/mol. The first-order valence-corrected chi connectivity index (χ1v) is 10.1. The number of ether oxygens (including phenoxy) is 1. The Balaban J connectivity index is 1.79. The smallest absolute Gasteiger partial charge is 0.264 e. The van der Waals surface area contributed by atoms with Crippen molar-refractivity contribution in [3.8, 4) is 29.0 Å². The summed E-state index contributed by atoms with van der Waals surface area (Å²) in [5.41, 5.74) is 2.67. The second kappa shape index (κ2) is 7.27. The Morgan fingerprint density at radius 2 is 1.55 bits per heavy atom. The summed E-state index contributed by atoms with van der Waals surface area (Å²) in [6.45, 7) is 0.337. The number of benzene rings is 2. The van der Waals surface area contributed by atoms with Gasteiger partial charge in [0.2, 0.25) is 0 Å². The zero-order chi connectivity index (χ0) is 20.4. The van der Waals surface area contributed by atoms with E-state index in [0.29, 0.717) is 28.1 Å². The number of nitrogens with zero attached hydrogens (tertiary/aromatic N) is 4. The van der Waals surface area contributed by atoms with Crippen LogP contribution in [0.2, 0.25) is 0 Å². The van der Waals surface area contributed by atoms with E-state index in [1.807, 2.05) is 6.07 Å². The van der Waals surface area contributed by atoms with Crippen LogP contribution in [0.3, 0.4) is 0 Å². The number of sulfonamides is 1. The lowest BCUT2D eigenvalue weighted by Gasteiger charge is -2.31. The van der Waals surface area contributed by atoms with Gasteiger partial charge in [-0.1, -0.05) is 12.1 Å². The van der Waals surface area contributed by atoms with Crippen molar-refractivity contribution in [2.24, 2.45) is 0 Å². The van der Waals surface area contributed by atoms with Crippen LogP contribution in [0, 0.1) is 22.7 Å². The van der Waals surface area contributed by atoms with Gasteiger partial charge < -0.3 is 4.74 Å². The number of pyridine rings is 1. The maximum atomic E-state index is 13.2. The third-order valence-corrected chi connectivity index (χ3v) is 6.41. The molecule has 8 heteroatoms. The molecule has 0 spiro atoms. The maximum Gasteiger partial charge on any atom is 0.264 e. The van der Waals surface area contributed by atoms with E-state index in [1.54, 1.807) is 30.5 Å². The van der Waals surface area contributed by atoms with Crippen LogP contribution in [0.15, 0.2) is 65.8 Å². The Bertz CT molecular complexity index is 1260. The van der Waals surface area contributed by atoms with Crippen LogP contribution in [-0.4, -0.2) is 26.6 Å². The van der Waals surface area contributed by atoms with Gasteiger partial charge in [0.15, 0.2) is 5.75 Å². The third-order valence-electron chi connectivity index (χ3n) is 4.58. The van der Waals surface area contributed by atoms with Gasteiger partial charge in [0.25, 0.3) is 10.0 Å². The Morgan fingerprint density at radius 3 is 2.17 bits per heavy atom. The third kappa shape index (κ3) is 3.27. The Kier molecular flexibility index (Phi) is 4.63. The van der Waals surface area contributed by atoms with Crippen molar-refractivity contribution < 1.29 is 13.2 Å². The lowest BCUT2D eigenvalue weighted by atomic mass is 10.0. The van der Waals surface area contributed by atoms with E-state index >= 15 is 0 Å². The van der Waals surface area contributed by atoms with E-state index in [0.717, 1.165) is 5.56 Å². The lowest BCUT2D eigenvalue weighted by Crippen LogP contribution is -2.38. The molecule has 0 amide bonds. The zero-order valence-electron chi connectivity index (χ0n) is 15.1. The molecule has 7 nitrogen and oxygen atoms in total. The molecule has 1 aliphatic rings. The summed E-state index contributed by atoms with van der Waals surface area (Å²) in [5.74, 6) is 0.424. The quantitative estimate of drug-likeness (QED) is 0.666. The fourth-order valence-electron chi connectivity index (χ4n) is 3.13. The summed E-state index contributed by atoms with van der Waals surface area (Å²) in [7, 11) is -3.85. The highest BCUT2D eigenvalue weighted by Crippen LogP contribution is 2.41. The van der Waals surface area contributed by atoms with Crippen LogP contribution < -0.4 is 9.04 Å². The van der Waals surface area contributed by atoms with Gasteiger partial charge in [-0.2, -0.15) is 10.5 Å². The largest absolute Gasteiger partial charge is 0.489 e. The summed E-state index contributed by atoms with van der Waals surface area (Å²) < 4.78 is 33.5. The van der Waals surface area contributed by atoms with Crippen molar-refractivity contribution >= 4 is 15.7 Å². The molecule has 2 heterocycles. The van der Waals surface area contributed by atoms with Crippen LogP contribution in [-0.2, 0) is 10.0 Å². The van der Waals surface area contributed by atoms with E-state index < -0.39 is 10.0 Å². The van der Waals surface area contributed by atoms with E-state index in [9.17, 15) is 8.42 Å². The maximum absolute atomic E-state index is 13.2. The molecule has 0 fully saturated rings. The van der Waals surface area contributed by atoms with E-state index in [1.165, 1.54) is 34.8 Å². The van der Waals surface area contributed by atoms with Crippen molar-refractivity contribution in [3.63, 3.8) is 0 Å². The standard InChI is InChI=1S/C21H14N4O3S/c22-11-15-1-5-17(6-2-15)19-13-24-14-20-21(19)28-10-9-25(20)29(26,27)18-7-3-16(12-23)4-8-18/h1-8,13-14H,9-10H2. The van der Waals surface area contributed by atoms with E-state index in [4.69, 9.17) is 15.3 Å². The van der Waals surface area contributed by atoms with Gasteiger partial charge in [-0.3, -0.25) is 9.29 Å². The summed E-state index contributed by atoms with van der Waals surface area (Å²) in [6.07, 6.45) is 3.07. The molecular weight excluding hydrogens is 388 g/mol. The molecule has 2 aromatic carbocycles. The van der Waals surface area contributed by atoms with Crippen LogP contribution in [0.5, 0.6) is 5.75 Å². The first kappa shape index (κ1) is 18.5. The topological polar surface area (TPSA) is 107 Å². The minimum atomic E-state index is -3.85. The predicted octanol–water partition coefficient (Wildman–Crippen LogP) is 3.08. The van der Waals surface area contributed by atoms with E-state index in [-0.39, 0.29) is 18.0 Å². The van der Waals surface area contributed by atoms with Crippen LogP contribution in [0.1, 0.15) is 11.1 Å². The van der Waals surface area contributed by atoms with Gasteiger partial charge in [-0.25, -0.2) is 8.42 Å². The molecular formula is C21H14N4O3S. The van der Waals surface area contributed by atoms with Crippen molar-refractivity contribution in [2.75, 3.05) is 17.5 Å². The first-order chi connectivity index (χ1) is 14.0. The van der Waals surface area contributed by atoms with Crippen molar-refractivity contribution in [3.05, 3.63) is 72.1 Å². The second-order valence-corrected chi connectivity index (χ2v) is 8.15. The molecule has 29 heavy (non-hydrogen) atoms. The highest BCUT2D eigenvalue weighted by molar-refractivity contribution is 7.92. The molecule has 0 N–H and O–H groups in total. The fourth-order valence-corrected chi connectivity index (χ4v) is 4.56. The van der Waals surface area contributed by atoms with Crippen molar-refractivity contribution in [1.82, 2.24) is 4.98 Å². The Labute approximate surface area is 168 Å². The van der Waals surface area contributed by atoms with Crippen molar-refractivity contribution in [2.45, 2.75) is 4.90 Å². The molecule has 1 aliphatic heterocycles. The Hall–Kier alpha value is -3.88. The SMILES string of the molecule is N#Cc1ccc(-c2cncc3c2OCCN3S(=O)(=O)c2ccc(C#N)cc2)cc1. The first-order valence-electron chi connectivity index (χ1n) is 8.69. The normalized spacial score (nSPS) is 13.0. The van der Waals surface area contributed by atoms with Gasteiger partial charge in [0, 0.05) is 11.8 Å². The minimum absolute atomic E-state index is 0.0909. The molecule has 0 bridgehead atoms. The number of nitriles is 2. The molecule has 4 rings (SSSR count). The number of rotatable bonds is 3. The number of aromatic nitrogens is 1. The van der Waals surface area contributed by atoms with Crippen molar-refractivity contribution in [1.29, 1.82) is 10.5 Å². The van der Waals surface area contributed by atoms with Gasteiger partial charge in [-0.05, 0) is 42.0 Å². The summed E-state index contributed by atoms with van der Waals surface area (Å²) >= 11 is 0. The lowest BCUT2D eigenvalue weighted by molar-refractivity contribution is 0.316. The fraction of sp³-hybridized carbons (Fsp3) is 0.0952. The van der Waals surface area contributed by atoms with Gasteiger partial charge in [0.05, 0.1) is 40.9 Å². The molecule has 1 aromatic heterocycles. The Morgan fingerprint density at radius 1 is 0.931 bits per heavy atom. The number of fused-ring (bicyclic) bond motifs is 1.